The first-order valence-corrected chi connectivity index (χ1v) is 8.03. The van der Waals surface area contributed by atoms with Gasteiger partial charge >= 0.3 is 0 Å². The molecule has 1 heterocycles. The summed E-state index contributed by atoms with van der Waals surface area (Å²) in [7, 11) is -3.99. The Kier molecular flexibility index (Phi) is 4.53. The molecular weight excluding hydrogens is 307 g/mol. The van der Waals surface area contributed by atoms with E-state index in [4.69, 9.17) is 22.1 Å². The van der Waals surface area contributed by atoms with Crippen LogP contribution in [0.15, 0.2) is 17.0 Å². The second-order valence-corrected chi connectivity index (χ2v) is 6.86. The van der Waals surface area contributed by atoms with Gasteiger partial charge in [0.1, 0.15) is 4.90 Å². The predicted molar refractivity (Wildman–Crippen MR) is 74.6 cm³/mol. The normalized spacial score (nSPS) is 21.1. The number of ether oxygens (including phenoxy) is 1. The van der Waals surface area contributed by atoms with Gasteiger partial charge in [0, 0.05) is 17.6 Å². The lowest BCUT2D eigenvalue weighted by Crippen LogP contribution is -2.48. The maximum Gasteiger partial charge on any atom is 0.246 e. The van der Waals surface area contributed by atoms with Crippen LogP contribution in [-0.4, -0.2) is 38.5 Å². The van der Waals surface area contributed by atoms with E-state index in [1.54, 1.807) is 0 Å². The van der Waals surface area contributed by atoms with Crippen molar-refractivity contribution < 1.29 is 17.5 Å². The molecule has 1 aromatic carbocycles. The summed E-state index contributed by atoms with van der Waals surface area (Å²) >= 11 is 5.78. The van der Waals surface area contributed by atoms with Gasteiger partial charge in [-0.15, -0.1) is 0 Å². The number of nitrogens with zero attached hydrogens (tertiary/aromatic N) is 1. The topological polar surface area (TPSA) is 72.6 Å². The van der Waals surface area contributed by atoms with Crippen LogP contribution in [-0.2, 0) is 14.8 Å². The Hall–Kier alpha value is -0.890. The van der Waals surface area contributed by atoms with Gasteiger partial charge in [-0.1, -0.05) is 18.5 Å². The van der Waals surface area contributed by atoms with Crippen molar-refractivity contribution in [2.45, 2.75) is 24.3 Å². The first kappa shape index (κ1) is 15.5. The molecule has 5 nitrogen and oxygen atoms in total. The molecule has 0 saturated carbocycles. The molecule has 1 fully saturated rings. The van der Waals surface area contributed by atoms with Crippen LogP contribution in [0.5, 0.6) is 0 Å². The van der Waals surface area contributed by atoms with Gasteiger partial charge in [-0.25, -0.2) is 12.8 Å². The highest BCUT2D eigenvalue weighted by Crippen LogP contribution is 2.29. The fourth-order valence-corrected chi connectivity index (χ4v) is 4.26. The Morgan fingerprint density at radius 1 is 1.55 bits per heavy atom. The van der Waals surface area contributed by atoms with Crippen molar-refractivity contribution in [3.63, 3.8) is 0 Å². The summed E-state index contributed by atoms with van der Waals surface area (Å²) in [5, 5.41) is 0.0868. The van der Waals surface area contributed by atoms with Crippen LogP contribution in [0.1, 0.15) is 13.3 Å². The third-order valence-corrected chi connectivity index (χ3v) is 5.43. The number of hydrogen-bond acceptors (Lipinski definition) is 4. The van der Waals surface area contributed by atoms with Gasteiger partial charge < -0.3 is 10.5 Å². The summed E-state index contributed by atoms with van der Waals surface area (Å²) in [4.78, 5) is -0.483. The third kappa shape index (κ3) is 2.76. The van der Waals surface area contributed by atoms with Gasteiger partial charge in [-0.3, -0.25) is 0 Å². The zero-order valence-corrected chi connectivity index (χ0v) is 12.5. The molecule has 1 aliphatic rings. The molecule has 0 aliphatic carbocycles. The van der Waals surface area contributed by atoms with E-state index in [-0.39, 0.29) is 29.9 Å². The molecule has 1 atom stereocenters. The number of sulfonamides is 1. The first-order chi connectivity index (χ1) is 9.37. The fraction of sp³-hybridized carbons (Fsp3) is 0.500. The highest BCUT2D eigenvalue weighted by atomic mass is 35.5. The summed E-state index contributed by atoms with van der Waals surface area (Å²) in [6.07, 6.45) is 0.580. The van der Waals surface area contributed by atoms with Crippen molar-refractivity contribution in [3.8, 4) is 0 Å². The smallest absolute Gasteiger partial charge is 0.246 e. The van der Waals surface area contributed by atoms with Crippen molar-refractivity contribution >= 4 is 27.3 Å². The molecule has 112 valence electrons. The monoisotopic (exact) mass is 322 g/mol. The molecule has 0 spiro atoms. The van der Waals surface area contributed by atoms with Gasteiger partial charge in [0.05, 0.1) is 18.9 Å². The molecule has 1 saturated heterocycles. The second kappa shape index (κ2) is 5.85. The van der Waals surface area contributed by atoms with E-state index in [1.807, 2.05) is 6.92 Å². The van der Waals surface area contributed by atoms with E-state index < -0.39 is 20.7 Å². The molecule has 20 heavy (non-hydrogen) atoms. The summed E-state index contributed by atoms with van der Waals surface area (Å²) < 4.78 is 45.8. The maximum atomic E-state index is 14.0. The predicted octanol–water partition coefficient (Wildman–Crippen LogP) is 1.86. The van der Waals surface area contributed by atoms with Crippen molar-refractivity contribution in [1.82, 2.24) is 4.31 Å². The Bertz CT molecular complexity index is 609. The van der Waals surface area contributed by atoms with E-state index in [0.717, 1.165) is 6.07 Å². The zero-order chi connectivity index (χ0) is 14.9. The lowest BCUT2D eigenvalue weighted by molar-refractivity contribution is 0.0313. The van der Waals surface area contributed by atoms with E-state index in [9.17, 15) is 12.8 Å². The molecule has 8 heteroatoms. The van der Waals surface area contributed by atoms with Crippen LogP contribution < -0.4 is 5.73 Å². The number of rotatable bonds is 3. The molecule has 2 N–H and O–H groups in total. The molecule has 1 aliphatic heterocycles. The molecule has 1 aromatic rings. The van der Waals surface area contributed by atoms with Crippen molar-refractivity contribution in [2.24, 2.45) is 0 Å². The average molecular weight is 323 g/mol. The minimum atomic E-state index is -3.99. The van der Waals surface area contributed by atoms with E-state index >= 15 is 0 Å². The average Bonchev–Trinajstić information content (AvgIpc) is 2.42. The summed E-state index contributed by atoms with van der Waals surface area (Å²) in [6, 6.07) is 1.96. The Morgan fingerprint density at radius 3 is 2.90 bits per heavy atom. The van der Waals surface area contributed by atoms with E-state index in [0.29, 0.717) is 13.0 Å². The summed E-state index contributed by atoms with van der Waals surface area (Å²) in [5.41, 5.74) is 5.17. The van der Waals surface area contributed by atoms with Crippen LogP contribution >= 0.6 is 11.6 Å². The lowest BCUT2D eigenvalue weighted by atomic mass is 10.2. The molecule has 0 aromatic heterocycles. The van der Waals surface area contributed by atoms with Gasteiger partial charge in [-0.2, -0.15) is 4.31 Å². The highest BCUT2D eigenvalue weighted by molar-refractivity contribution is 7.89. The van der Waals surface area contributed by atoms with Crippen molar-refractivity contribution in [2.75, 3.05) is 25.5 Å². The largest absolute Gasteiger partial charge is 0.396 e. The fourth-order valence-electron chi connectivity index (χ4n) is 2.18. The molecular formula is C12H16ClFN2O3S. The van der Waals surface area contributed by atoms with Crippen molar-refractivity contribution in [1.29, 1.82) is 0 Å². The zero-order valence-electron chi connectivity index (χ0n) is 11.0. The minimum Gasteiger partial charge on any atom is -0.396 e. The van der Waals surface area contributed by atoms with Crippen molar-refractivity contribution in [3.05, 3.63) is 23.0 Å². The van der Waals surface area contributed by atoms with Gasteiger partial charge in [0.2, 0.25) is 10.0 Å². The van der Waals surface area contributed by atoms with Crippen LogP contribution in [0.3, 0.4) is 0 Å². The van der Waals surface area contributed by atoms with Gasteiger partial charge in [0.15, 0.2) is 5.82 Å². The Balaban J connectivity index is 2.49. The SMILES string of the molecule is CCC1COCCN1S(=O)(=O)c1cc(Cl)cc(N)c1F. The maximum absolute atomic E-state index is 14.0. The van der Waals surface area contributed by atoms with Gasteiger partial charge in [-0.05, 0) is 18.6 Å². The lowest BCUT2D eigenvalue weighted by Gasteiger charge is -2.34. The number of hydrogen-bond donors (Lipinski definition) is 1. The first-order valence-electron chi connectivity index (χ1n) is 6.22. The van der Waals surface area contributed by atoms with E-state index in [1.165, 1.54) is 10.4 Å². The summed E-state index contributed by atoms with van der Waals surface area (Å²) in [6.45, 7) is 2.62. The second-order valence-electron chi connectivity index (χ2n) is 4.56. The van der Waals surface area contributed by atoms with Gasteiger partial charge in [0.25, 0.3) is 0 Å². The minimum absolute atomic E-state index is 0.0868. The number of benzene rings is 1. The Labute approximate surface area is 122 Å². The molecule has 0 amide bonds. The third-order valence-electron chi connectivity index (χ3n) is 3.26. The summed E-state index contributed by atoms with van der Waals surface area (Å²) in [5.74, 6) is -0.962. The highest BCUT2D eigenvalue weighted by Gasteiger charge is 2.35. The van der Waals surface area contributed by atoms with Crippen LogP contribution in [0, 0.1) is 5.82 Å². The molecule has 2 rings (SSSR count). The number of nitrogen functional groups attached to an aromatic ring is 1. The standard InChI is InChI=1S/C12H16ClFN2O3S/c1-2-9-7-19-4-3-16(9)20(17,18)11-6-8(13)5-10(15)12(11)14/h5-6,9H,2-4,7,15H2,1H3. The van der Waals surface area contributed by atoms with Crippen LogP contribution in [0.25, 0.3) is 0 Å². The molecule has 0 radical (unpaired) electrons. The number of nitrogens with two attached hydrogens (primary N) is 1. The number of halogens is 2. The van der Waals surface area contributed by atoms with Crippen LogP contribution in [0.2, 0.25) is 5.02 Å². The molecule has 1 unspecified atom stereocenters. The molecule has 0 bridgehead atoms. The number of morpholine rings is 1. The van der Waals surface area contributed by atoms with E-state index in [2.05, 4.69) is 0 Å². The Morgan fingerprint density at radius 2 is 2.25 bits per heavy atom. The van der Waals surface area contributed by atoms with Crippen LogP contribution in [0.4, 0.5) is 10.1 Å². The number of anilines is 1. The quantitative estimate of drug-likeness (QED) is 0.862.